The molecule has 0 aliphatic carbocycles. The SMILES string of the molecule is CN1CCCC12CCN(Cc1ccccc1F)CC2.O=C(O)C(F)(F)F.O=C(O)C(F)(F)F. The number of rotatable bonds is 2. The molecule has 1 aromatic carbocycles. The van der Waals surface area contributed by atoms with E-state index in [2.05, 4.69) is 16.8 Å². The smallest absolute Gasteiger partial charge is 0.475 e. The van der Waals surface area contributed by atoms with Crippen molar-refractivity contribution < 1.29 is 50.5 Å². The van der Waals surface area contributed by atoms with E-state index in [1.165, 1.54) is 32.2 Å². The molecule has 3 rings (SSSR count). The fourth-order valence-electron chi connectivity index (χ4n) is 3.70. The molecule has 1 aromatic rings. The van der Waals surface area contributed by atoms with E-state index in [9.17, 15) is 30.7 Å². The summed E-state index contributed by atoms with van der Waals surface area (Å²) in [6.45, 7) is 4.19. The Labute approximate surface area is 185 Å². The van der Waals surface area contributed by atoms with Gasteiger partial charge in [-0.3, -0.25) is 4.90 Å². The number of hydrogen-bond acceptors (Lipinski definition) is 4. The van der Waals surface area contributed by atoms with Gasteiger partial charge in [0.1, 0.15) is 5.82 Å². The van der Waals surface area contributed by atoms with Crippen molar-refractivity contribution in [2.75, 3.05) is 26.7 Å². The Morgan fingerprint density at radius 3 is 1.73 bits per heavy atom. The number of alkyl halides is 6. The molecule has 0 bridgehead atoms. The van der Waals surface area contributed by atoms with Gasteiger partial charge >= 0.3 is 24.3 Å². The Balaban J connectivity index is 0.000000324. The number of carboxylic acid groups (broad SMARTS) is 2. The van der Waals surface area contributed by atoms with Gasteiger partial charge in [-0.25, -0.2) is 14.0 Å². The lowest BCUT2D eigenvalue weighted by atomic mass is 9.85. The summed E-state index contributed by atoms with van der Waals surface area (Å²) < 4.78 is 77.1. The molecule has 2 fully saturated rings. The molecule has 0 atom stereocenters. The van der Waals surface area contributed by atoms with Crippen molar-refractivity contribution in [1.29, 1.82) is 0 Å². The van der Waals surface area contributed by atoms with Gasteiger partial charge in [-0.15, -0.1) is 0 Å². The minimum Gasteiger partial charge on any atom is -0.475 e. The van der Waals surface area contributed by atoms with E-state index in [0.717, 1.165) is 25.2 Å². The Bertz CT molecular complexity index is 767. The van der Waals surface area contributed by atoms with E-state index < -0.39 is 24.3 Å². The van der Waals surface area contributed by atoms with Gasteiger partial charge in [-0.05, 0) is 45.3 Å². The average molecular weight is 490 g/mol. The largest absolute Gasteiger partial charge is 0.490 e. The van der Waals surface area contributed by atoms with Crippen molar-refractivity contribution in [3.63, 3.8) is 0 Å². The number of carboxylic acids is 2. The summed E-state index contributed by atoms with van der Waals surface area (Å²) in [5, 5.41) is 14.2. The van der Waals surface area contributed by atoms with Gasteiger partial charge < -0.3 is 15.1 Å². The van der Waals surface area contributed by atoms with Gasteiger partial charge in [0.25, 0.3) is 0 Å². The molecule has 13 heteroatoms. The molecular weight excluding hydrogens is 465 g/mol. The molecule has 2 saturated heterocycles. The van der Waals surface area contributed by atoms with E-state index >= 15 is 0 Å². The molecule has 6 nitrogen and oxygen atoms in total. The third-order valence-electron chi connectivity index (χ3n) is 5.57. The number of hydrogen-bond donors (Lipinski definition) is 2. The van der Waals surface area contributed by atoms with E-state index in [0.29, 0.717) is 5.54 Å². The molecule has 0 amide bonds. The summed E-state index contributed by atoms with van der Waals surface area (Å²) >= 11 is 0. The summed E-state index contributed by atoms with van der Waals surface area (Å²) in [6, 6.07) is 7.15. The van der Waals surface area contributed by atoms with Crippen LogP contribution in [0.4, 0.5) is 30.7 Å². The molecule has 33 heavy (non-hydrogen) atoms. The van der Waals surface area contributed by atoms with Gasteiger partial charge in [0.15, 0.2) is 0 Å². The van der Waals surface area contributed by atoms with Crippen molar-refractivity contribution in [2.24, 2.45) is 0 Å². The molecule has 0 aromatic heterocycles. The standard InChI is InChI=1S/C16H23FN2.2C2HF3O2/c1-18-10-4-7-16(18)8-11-19(12-9-16)13-14-5-2-3-6-15(14)17;2*3-2(4,5)1(6)7/h2-3,5-6H,4,7-13H2,1H3;2*(H,6,7). The zero-order valence-electron chi connectivity index (χ0n) is 17.7. The van der Waals surface area contributed by atoms with Gasteiger partial charge in [0.05, 0.1) is 0 Å². The lowest BCUT2D eigenvalue weighted by Gasteiger charge is -2.43. The average Bonchev–Trinajstić information content (AvgIpc) is 3.05. The number of nitrogens with zero attached hydrogens (tertiary/aromatic N) is 2. The first kappa shape index (κ1) is 28.6. The second-order valence-electron chi connectivity index (χ2n) is 7.72. The maximum Gasteiger partial charge on any atom is 0.490 e. The number of carbonyl (C=O) groups is 2. The molecule has 1 spiro atoms. The summed E-state index contributed by atoms with van der Waals surface area (Å²) in [5.74, 6) is -5.58. The first-order valence-corrected chi connectivity index (χ1v) is 9.86. The number of benzene rings is 1. The summed E-state index contributed by atoms with van der Waals surface area (Å²) in [7, 11) is 2.26. The van der Waals surface area contributed by atoms with Gasteiger partial charge in [0, 0.05) is 30.7 Å². The van der Waals surface area contributed by atoms with Crippen LogP contribution in [0.3, 0.4) is 0 Å². The van der Waals surface area contributed by atoms with Crippen LogP contribution in [0.2, 0.25) is 0 Å². The monoisotopic (exact) mass is 490 g/mol. The van der Waals surface area contributed by atoms with Crippen molar-refractivity contribution in [2.45, 2.75) is 50.1 Å². The quantitative estimate of drug-likeness (QED) is 0.607. The highest BCUT2D eigenvalue weighted by Crippen LogP contribution is 2.37. The van der Waals surface area contributed by atoms with Crippen molar-refractivity contribution in [3.05, 3.63) is 35.6 Å². The normalized spacial score (nSPS) is 18.7. The second-order valence-corrected chi connectivity index (χ2v) is 7.72. The molecule has 2 aliphatic rings. The predicted octanol–water partition coefficient (Wildman–Crippen LogP) is 4.15. The van der Waals surface area contributed by atoms with E-state index in [-0.39, 0.29) is 5.82 Å². The zero-order valence-corrected chi connectivity index (χ0v) is 17.7. The van der Waals surface area contributed by atoms with Crippen LogP contribution in [-0.2, 0) is 16.1 Å². The molecule has 0 saturated carbocycles. The highest BCUT2D eigenvalue weighted by atomic mass is 19.4. The molecule has 0 radical (unpaired) electrons. The first-order chi connectivity index (χ1) is 15.1. The minimum absolute atomic E-state index is 0.0687. The molecule has 2 aliphatic heterocycles. The molecule has 2 heterocycles. The molecule has 0 unspecified atom stereocenters. The van der Waals surface area contributed by atoms with Crippen LogP contribution >= 0.6 is 0 Å². The fourth-order valence-corrected chi connectivity index (χ4v) is 3.70. The van der Waals surface area contributed by atoms with Crippen LogP contribution in [0.25, 0.3) is 0 Å². The predicted molar refractivity (Wildman–Crippen MR) is 103 cm³/mol. The first-order valence-electron chi connectivity index (χ1n) is 9.86. The zero-order chi connectivity index (χ0) is 25.4. The maximum absolute atomic E-state index is 13.7. The molecule has 188 valence electrons. The van der Waals surface area contributed by atoms with Crippen molar-refractivity contribution in [1.82, 2.24) is 9.80 Å². The Morgan fingerprint density at radius 1 is 0.909 bits per heavy atom. The van der Waals surface area contributed by atoms with E-state index in [1.807, 2.05) is 12.1 Å². The summed E-state index contributed by atoms with van der Waals surface area (Å²) in [5.41, 5.74) is 1.28. The third-order valence-corrected chi connectivity index (χ3v) is 5.57. The van der Waals surface area contributed by atoms with Crippen molar-refractivity contribution in [3.8, 4) is 0 Å². The van der Waals surface area contributed by atoms with E-state index in [1.54, 1.807) is 12.1 Å². The fraction of sp³-hybridized carbons (Fsp3) is 0.600. The Hall–Kier alpha value is -2.41. The maximum atomic E-state index is 13.7. The number of piperidine rings is 1. The molecular formula is C20H25F7N2O4. The lowest BCUT2D eigenvalue weighted by Crippen LogP contribution is -2.50. The minimum atomic E-state index is -5.08. The van der Waals surface area contributed by atoms with Crippen LogP contribution in [-0.4, -0.2) is 76.5 Å². The second kappa shape index (κ2) is 11.6. The van der Waals surface area contributed by atoms with Crippen LogP contribution in [0.15, 0.2) is 24.3 Å². The highest BCUT2D eigenvalue weighted by molar-refractivity contribution is 5.73. The van der Waals surface area contributed by atoms with E-state index in [4.69, 9.17) is 19.8 Å². The van der Waals surface area contributed by atoms with Crippen LogP contribution < -0.4 is 0 Å². The van der Waals surface area contributed by atoms with Gasteiger partial charge in [0.2, 0.25) is 0 Å². The summed E-state index contributed by atoms with van der Waals surface area (Å²) in [4.78, 5) is 22.7. The summed E-state index contributed by atoms with van der Waals surface area (Å²) in [6.07, 6.45) is -5.02. The number of halogens is 7. The number of likely N-dealkylation sites (tertiary alicyclic amines) is 2. The highest BCUT2D eigenvalue weighted by Gasteiger charge is 2.41. The van der Waals surface area contributed by atoms with Gasteiger partial charge in [-0.1, -0.05) is 18.2 Å². The molecule has 2 N–H and O–H groups in total. The third kappa shape index (κ3) is 9.16. The van der Waals surface area contributed by atoms with Crippen LogP contribution in [0.1, 0.15) is 31.2 Å². The number of aliphatic carboxylic acids is 2. The van der Waals surface area contributed by atoms with Crippen LogP contribution in [0.5, 0.6) is 0 Å². The Morgan fingerprint density at radius 2 is 1.36 bits per heavy atom. The van der Waals surface area contributed by atoms with Crippen molar-refractivity contribution >= 4 is 11.9 Å². The van der Waals surface area contributed by atoms with Gasteiger partial charge in [-0.2, -0.15) is 26.3 Å². The van der Waals surface area contributed by atoms with Crippen LogP contribution in [0, 0.1) is 5.82 Å². The lowest BCUT2D eigenvalue weighted by molar-refractivity contribution is -0.193. The topological polar surface area (TPSA) is 81.1 Å². The Kier molecular flexibility index (Phi) is 10.1.